The monoisotopic (exact) mass is 386 g/mol. The van der Waals surface area contributed by atoms with E-state index in [4.69, 9.17) is 4.52 Å². The van der Waals surface area contributed by atoms with Crippen LogP contribution in [0, 0.1) is 0 Å². The molecule has 1 aliphatic rings. The molecule has 2 aromatic heterocycles. The molecule has 0 spiro atoms. The highest BCUT2D eigenvalue weighted by atomic mass is 16.5. The molecule has 0 bridgehead atoms. The maximum atomic E-state index is 12.9. The van der Waals surface area contributed by atoms with Crippen LogP contribution in [0.2, 0.25) is 0 Å². The fourth-order valence-electron chi connectivity index (χ4n) is 3.90. The van der Waals surface area contributed by atoms with Gasteiger partial charge in [-0.05, 0) is 42.0 Å². The van der Waals surface area contributed by atoms with Gasteiger partial charge in [0.15, 0.2) is 5.82 Å². The lowest BCUT2D eigenvalue weighted by molar-refractivity contribution is 0.380. The molecule has 29 heavy (non-hydrogen) atoms. The summed E-state index contributed by atoms with van der Waals surface area (Å²) in [4.78, 5) is 26.6. The van der Waals surface area contributed by atoms with Gasteiger partial charge in [0.2, 0.25) is 0 Å². The molecule has 0 aliphatic carbocycles. The summed E-state index contributed by atoms with van der Waals surface area (Å²) in [7, 11) is 3.65. The lowest BCUT2D eigenvalue weighted by Crippen LogP contribution is -2.28. The topological polar surface area (TPSA) is 73.3 Å². The Labute approximate surface area is 166 Å². The van der Waals surface area contributed by atoms with Crippen molar-refractivity contribution in [2.75, 3.05) is 11.9 Å². The third-order valence-electron chi connectivity index (χ3n) is 5.34. The molecule has 0 saturated carbocycles. The summed E-state index contributed by atoms with van der Waals surface area (Å²) >= 11 is 0. The van der Waals surface area contributed by atoms with E-state index in [0.29, 0.717) is 5.82 Å². The highest BCUT2D eigenvalue weighted by Gasteiger charge is 2.23. The number of rotatable bonds is 2. The molecule has 4 aromatic rings. The minimum atomic E-state index is -0.516. The summed E-state index contributed by atoms with van der Waals surface area (Å²) in [5.74, 6) is -0.0749. The number of benzene rings is 2. The van der Waals surface area contributed by atoms with Gasteiger partial charge in [-0.1, -0.05) is 23.4 Å². The predicted molar refractivity (Wildman–Crippen MR) is 110 cm³/mol. The van der Waals surface area contributed by atoms with E-state index < -0.39 is 5.76 Å². The second kappa shape index (κ2) is 6.34. The molecule has 0 fully saturated rings. The van der Waals surface area contributed by atoms with Gasteiger partial charge in [0.05, 0.1) is 5.69 Å². The average Bonchev–Trinajstić information content (AvgIpc) is 3.07. The molecule has 7 nitrogen and oxygen atoms in total. The van der Waals surface area contributed by atoms with E-state index in [0.717, 1.165) is 40.3 Å². The van der Waals surface area contributed by atoms with Crippen LogP contribution in [0.25, 0.3) is 28.3 Å². The van der Waals surface area contributed by atoms with E-state index in [1.54, 1.807) is 17.7 Å². The van der Waals surface area contributed by atoms with E-state index in [2.05, 4.69) is 16.1 Å². The van der Waals surface area contributed by atoms with E-state index in [1.165, 1.54) is 4.57 Å². The number of aromatic nitrogens is 3. The number of fused-ring (bicyclic) bond motifs is 3. The van der Waals surface area contributed by atoms with Crippen molar-refractivity contribution in [1.29, 1.82) is 0 Å². The summed E-state index contributed by atoms with van der Waals surface area (Å²) in [6.07, 6.45) is 0. The normalized spacial score (nSPS) is 12.6. The van der Waals surface area contributed by atoms with Crippen molar-refractivity contribution in [3.05, 3.63) is 87.1 Å². The molecule has 2 aromatic carbocycles. The van der Waals surface area contributed by atoms with Crippen LogP contribution in [0.5, 0.6) is 0 Å². The molecule has 0 N–H and O–H groups in total. The first kappa shape index (κ1) is 17.2. The van der Waals surface area contributed by atoms with Gasteiger partial charge < -0.3 is 4.90 Å². The Balaban J connectivity index is 1.69. The van der Waals surface area contributed by atoms with Gasteiger partial charge in [0.25, 0.3) is 5.56 Å². The Morgan fingerprint density at radius 1 is 0.931 bits per heavy atom. The Kier molecular flexibility index (Phi) is 3.77. The van der Waals surface area contributed by atoms with Crippen molar-refractivity contribution in [3.8, 4) is 28.3 Å². The maximum absolute atomic E-state index is 12.9. The third-order valence-corrected chi connectivity index (χ3v) is 5.34. The average molecular weight is 386 g/mol. The van der Waals surface area contributed by atoms with Crippen molar-refractivity contribution >= 4 is 5.69 Å². The van der Waals surface area contributed by atoms with Gasteiger partial charge in [-0.2, -0.15) is 0 Å². The van der Waals surface area contributed by atoms with Gasteiger partial charge in [0, 0.05) is 49.2 Å². The fraction of sp³-hybridized carbons (Fsp3) is 0.136. The number of para-hydroxylation sites is 1. The fourth-order valence-corrected chi connectivity index (χ4v) is 3.90. The number of nitrogens with zero attached hydrogens (tertiary/aromatic N) is 4. The van der Waals surface area contributed by atoms with Crippen LogP contribution in [-0.2, 0) is 13.6 Å². The van der Waals surface area contributed by atoms with Crippen LogP contribution in [0.4, 0.5) is 5.69 Å². The van der Waals surface area contributed by atoms with Crippen molar-refractivity contribution < 1.29 is 4.52 Å². The largest absolute Gasteiger partial charge is 0.441 e. The molecule has 5 rings (SSSR count). The van der Waals surface area contributed by atoms with Crippen LogP contribution in [0.3, 0.4) is 0 Å². The number of pyridine rings is 1. The van der Waals surface area contributed by atoms with E-state index in [-0.39, 0.29) is 5.56 Å². The van der Waals surface area contributed by atoms with Crippen LogP contribution >= 0.6 is 0 Å². The van der Waals surface area contributed by atoms with Crippen molar-refractivity contribution in [2.45, 2.75) is 6.54 Å². The molecule has 0 atom stereocenters. The van der Waals surface area contributed by atoms with E-state index in [9.17, 15) is 9.59 Å². The second-order valence-corrected chi connectivity index (χ2v) is 7.13. The Hall–Kier alpha value is -3.87. The first-order valence-corrected chi connectivity index (χ1v) is 9.23. The molecule has 0 radical (unpaired) electrons. The molecular weight excluding hydrogens is 368 g/mol. The van der Waals surface area contributed by atoms with E-state index in [1.807, 2.05) is 55.6 Å². The first-order chi connectivity index (χ1) is 14.0. The highest BCUT2D eigenvalue weighted by molar-refractivity contribution is 5.82. The summed E-state index contributed by atoms with van der Waals surface area (Å²) in [5, 5.41) is 3.82. The molecule has 144 valence electrons. The van der Waals surface area contributed by atoms with Gasteiger partial charge in [-0.3, -0.25) is 18.5 Å². The summed E-state index contributed by atoms with van der Waals surface area (Å²) in [6.45, 7) is 0.728. The van der Waals surface area contributed by atoms with Gasteiger partial charge in [0.1, 0.15) is 0 Å². The molecule has 7 heteroatoms. The summed E-state index contributed by atoms with van der Waals surface area (Å²) in [5.41, 5.74) is 5.51. The molecule has 0 amide bonds. The SMILES string of the molecule is CN1Cc2ccc(=O)n(-c3ccc(-c4noc(=O)n4C)cc3)c2-c2ccccc21. The zero-order valence-corrected chi connectivity index (χ0v) is 16.0. The van der Waals surface area contributed by atoms with Crippen LogP contribution in [-0.4, -0.2) is 21.3 Å². The number of hydrogen-bond acceptors (Lipinski definition) is 5. The van der Waals surface area contributed by atoms with Crippen molar-refractivity contribution in [2.24, 2.45) is 7.05 Å². The van der Waals surface area contributed by atoms with Crippen LogP contribution < -0.4 is 16.2 Å². The quantitative estimate of drug-likeness (QED) is 0.530. The third kappa shape index (κ3) is 2.62. The highest BCUT2D eigenvalue weighted by Crippen LogP contribution is 2.38. The number of hydrogen-bond donors (Lipinski definition) is 0. The molecule has 0 unspecified atom stereocenters. The molecule has 3 heterocycles. The Morgan fingerprint density at radius 2 is 1.69 bits per heavy atom. The van der Waals surface area contributed by atoms with Crippen LogP contribution in [0.1, 0.15) is 5.56 Å². The molecule has 0 saturated heterocycles. The lowest BCUT2D eigenvalue weighted by atomic mass is 9.97. The number of anilines is 1. The lowest BCUT2D eigenvalue weighted by Gasteiger charge is -2.31. The minimum Gasteiger partial charge on any atom is -0.370 e. The second-order valence-electron chi connectivity index (χ2n) is 7.13. The van der Waals surface area contributed by atoms with Crippen LogP contribution in [0.15, 0.2) is 74.8 Å². The summed E-state index contributed by atoms with van der Waals surface area (Å²) in [6, 6.07) is 19.0. The zero-order chi connectivity index (χ0) is 20.1. The zero-order valence-electron chi connectivity index (χ0n) is 16.0. The first-order valence-electron chi connectivity index (χ1n) is 9.23. The molecule has 1 aliphatic heterocycles. The molecular formula is C22H18N4O3. The van der Waals surface area contributed by atoms with Gasteiger partial charge in [-0.15, -0.1) is 0 Å². The summed E-state index contributed by atoms with van der Waals surface area (Å²) < 4.78 is 7.79. The van der Waals surface area contributed by atoms with Gasteiger partial charge in [-0.25, -0.2) is 4.79 Å². The van der Waals surface area contributed by atoms with Crippen molar-refractivity contribution in [3.63, 3.8) is 0 Å². The maximum Gasteiger partial charge on any atom is 0.441 e. The standard InChI is InChI=1S/C22H18N4O3/c1-24-13-15-9-12-19(27)26(20(15)17-5-3-4-6-18(17)24)16-10-7-14(8-11-16)21-23-29-22(28)25(21)2/h3-12H,13H2,1-2H3. The minimum absolute atomic E-state index is 0.0929. The van der Waals surface area contributed by atoms with E-state index >= 15 is 0 Å². The predicted octanol–water partition coefficient (Wildman–Crippen LogP) is 2.81. The van der Waals surface area contributed by atoms with Gasteiger partial charge >= 0.3 is 5.76 Å². The van der Waals surface area contributed by atoms with Crippen molar-refractivity contribution in [1.82, 2.24) is 14.3 Å². The smallest absolute Gasteiger partial charge is 0.370 e. The Bertz CT molecular complexity index is 1350. The Morgan fingerprint density at radius 3 is 2.41 bits per heavy atom.